The smallest absolute Gasteiger partial charge is 0.183 e. The molecule has 0 saturated heterocycles. The van der Waals surface area contributed by atoms with Gasteiger partial charge in [0.05, 0.1) is 23.3 Å². The van der Waals surface area contributed by atoms with E-state index in [2.05, 4.69) is 20.3 Å². The second-order valence-electron chi connectivity index (χ2n) is 6.97. The lowest BCUT2D eigenvalue weighted by Crippen LogP contribution is -2.20. The minimum atomic E-state index is -0.533. The summed E-state index contributed by atoms with van der Waals surface area (Å²) in [6.45, 7) is 2.11. The molecule has 1 atom stereocenters. The molecule has 10 heteroatoms. The number of benzene rings is 1. The van der Waals surface area contributed by atoms with E-state index < -0.39 is 11.9 Å². The Balaban J connectivity index is 1.59. The van der Waals surface area contributed by atoms with E-state index in [1.54, 1.807) is 19.2 Å². The number of aromatic nitrogens is 2. The van der Waals surface area contributed by atoms with Crippen molar-refractivity contribution in [3.8, 4) is 17.1 Å². The number of aliphatic hydroxyl groups excluding tert-OH is 1. The number of ether oxygens (including phenoxy) is 1. The van der Waals surface area contributed by atoms with Crippen molar-refractivity contribution in [3.05, 3.63) is 52.2 Å². The lowest BCUT2D eigenvalue weighted by atomic mass is 9.99. The first kappa shape index (κ1) is 21.4. The van der Waals surface area contributed by atoms with Crippen LogP contribution in [-0.2, 0) is 0 Å². The van der Waals surface area contributed by atoms with Crippen molar-refractivity contribution < 1.29 is 19.0 Å². The third-order valence-corrected chi connectivity index (χ3v) is 5.54. The summed E-state index contributed by atoms with van der Waals surface area (Å²) in [4.78, 5) is 26.2. The number of hydrogen-bond donors (Lipinski definition) is 2. The van der Waals surface area contributed by atoms with Crippen molar-refractivity contribution in [2.45, 2.75) is 19.4 Å². The topological polar surface area (TPSA) is 96.7 Å². The van der Waals surface area contributed by atoms with Crippen LogP contribution in [-0.4, -0.2) is 45.8 Å². The number of anilines is 1. The predicted octanol–water partition coefficient (Wildman–Crippen LogP) is 4.53. The molecule has 3 heterocycles. The Morgan fingerprint density at radius 3 is 3.00 bits per heavy atom. The zero-order chi connectivity index (χ0) is 22.0. The van der Waals surface area contributed by atoms with Crippen molar-refractivity contribution in [2.75, 3.05) is 18.5 Å². The monoisotopic (exact) mass is 460 g/mol. The molecular formula is C21H18ClFN4O3S. The van der Waals surface area contributed by atoms with E-state index in [0.29, 0.717) is 45.8 Å². The number of halogens is 2. The maximum absolute atomic E-state index is 13.3. The number of ketones is 1. The number of aliphatic imine (C=N–C) groups is 1. The van der Waals surface area contributed by atoms with Crippen LogP contribution in [0.15, 0.2) is 40.8 Å². The molecule has 3 aromatic rings. The largest absolute Gasteiger partial charge is 0.488 e. The average molecular weight is 461 g/mol. The number of carbonyl (C=O) groups is 1. The molecule has 0 radical (unpaired) electrons. The zero-order valence-electron chi connectivity index (χ0n) is 16.4. The Hall–Kier alpha value is -2.88. The van der Waals surface area contributed by atoms with Crippen molar-refractivity contribution in [3.63, 3.8) is 0 Å². The highest BCUT2D eigenvalue weighted by Crippen LogP contribution is 2.36. The SMILES string of the molecule is C[C@H](O)CNc1nc(-c2nccc3c2N=C(COc2ccc(F)c(Cl)c2)CC3=O)cs1. The van der Waals surface area contributed by atoms with Crippen LogP contribution in [0.2, 0.25) is 5.02 Å². The Kier molecular flexibility index (Phi) is 6.26. The van der Waals surface area contributed by atoms with E-state index >= 15 is 0 Å². The van der Waals surface area contributed by atoms with Crippen molar-refractivity contribution in [1.82, 2.24) is 9.97 Å². The van der Waals surface area contributed by atoms with Crippen molar-refractivity contribution in [2.24, 2.45) is 4.99 Å². The zero-order valence-corrected chi connectivity index (χ0v) is 18.0. The van der Waals surface area contributed by atoms with E-state index in [1.165, 1.54) is 29.5 Å². The molecule has 1 aliphatic heterocycles. The quantitative estimate of drug-likeness (QED) is 0.537. The summed E-state index contributed by atoms with van der Waals surface area (Å²) in [5, 5.41) is 14.9. The summed E-state index contributed by atoms with van der Waals surface area (Å²) in [6.07, 6.45) is 1.17. The Morgan fingerprint density at radius 1 is 1.39 bits per heavy atom. The fraction of sp³-hybridized carbons (Fsp3) is 0.238. The second-order valence-corrected chi connectivity index (χ2v) is 8.23. The van der Waals surface area contributed by atoms with Crippen LogP contribution >= 0.6 is 22.9 Å². The number of rotatable bonds is 7. The molecule has 0 fully saturated rings. The maximum atomic E-state index is 13.3. The molecule has 0 amide bonds. The molecule has 0 saturated carbocycles. The highest BCUT2D eigenvalue weighted by molar-refractivity contribution is 7.14. The van der Waals surface area contributed by atoms with Crippen LogP contribution in [0.25, 0.3) is 11.4 Å². The average Bonchev–Trinajstić information content (AvgIpc) is 3.22. The molecule has 2 aromatic heterocycles. The third kappa shape index (κ3) is 4.90. The molecule has 4 rings (SSSR count). The minimum absolute atomic E-state index is 0.0421. The normalized spacial score (nSPS) is 14.1. The molecule has 0 spiro atoms. The fourth-order valence-electron chi connectivity index (χ4n) is 2.97. The molecule has 31 heavy (non-hydrogen) atoms. The molecular weight excluding hydrogens is 443 g/mol. The Bertz CT molecular complexity index is 1170. The van der Waals surface area contributed by atoms with Gasteiger partial charge in [-0.25, -0.2) is 9.37 Å². The van der Waals surface area contributed by atoms with E-state index in [0.717, 1.165) is 0 Å². The number of Topliss-reactive ketones (excluding diaryl/α,β-unsaturated/α-hetero) is 1. The maximum Gasteiger partial charge on any atom is 0.183 e. The number of aliphatic hydroxyl groups is 1. The number of hydrogen-bond acceptors (Lipinski definition) is 8. The summed E-state index contributed by atoms with van der Waals surface area (Å²) < 4.78 is 19.0. The lowest BCUT2D eigenvalue weighted by Gasteiger charge is -2.17. The molecule has 2 N–H and O–H groups in total. The first-order valence-electron chi connectivity index (χ1n) is 9.45. The molecule has 1 aliphatic rings. The van der Waals surface area contributed by atoms with E-state index in [9.17, 15) is 14.3 Å². The van der Waals surface area contributed by atoms with Crippen LogP contribution in [0.3, 0.4) is 0 Å². The summed E-state index contributed by atoms with van der Waals surface area (Å²) in [5.74, 6) is -0.242. The highest BCUT2D eigenvalue weighted by atomic mass is 35.5. The van der Waals surface area contributed by atoms with Gasteiger partial charge in [0.2, 0.25) is 0 Å². The van der Waals surface area contributed by atoms with Crippen molar-refractivity contribution in [1.29, 1.82) is 0 Å². The predicted molar refractivity (Wildman–Crippen MR) is 118 cm³/mol. The lowest BCUT2D eigenvalue weighted by molar-refractivity contribution is 0.0998. The molecule has 0 aliphatic carbocycles. The summed E-state index contributed by atoms with van der Waals surface area (Å²) >= 11 is 7.16. The van der Waals surface area contributed by atoms with Gasteiger partial charge in [0.1, 0.15) is 35.2 Å². The first-order valence-corrected chi connectivity index (χ1v) is 10.7. The van der Waals surface area contributed by atoms with Gasteiger partial charge < -0.3 is 15.2 Å². The molecule has 160 valence electrons. The fourth-order valence-corrected chi connectivity index (χ4v) is 3.85. The highest BCUT2D eigenvalue weighted by Gasteiger charge is 2.25. The summed E-state index contributed by atoms with van der Waals surface area (Å²) in [7, 11) is 0. The van der Waals surface area contributed by atoms with Gasteiger partial charge in [-0.2, -0.15) is 0 Å². The number of fused-ring (bicyclic) bond motifs is 1. The van der Waals surface area contributed by atoms with Crippen LogP contribution in [0, 0.1) is 5.82 Å². The second kappa shape index (κ2) is 9.09. The van der Waals surface area contributed by atoms with Gasteiger partial charge in [0.25, 0.3) is 0 Å². The molecule has 0 bridgehead atoms. The van der Waals surface area contributed by atoms with Gasteiger partial charge in [-0.15, -0.1) is 11.3 Å². The van der Waals surface area contributed by atoms with Gasteiger partial charge in [0, 0.05) is 29.8 Å². The molecule has 0 unspecified atom stereocenters. The van der Waals surface area contributed by atoms with Gasteiger partial charge in [-0.1, -0.05) is 11.6 Å². The summed E-state index contributed by atoms with van der Waals surface area (Å²) in [5.41, 5.74) is 2.52. The van der Waals surface area contributed by atoms with Gasteiger partial charge in [-0.3, -0.25) is 14.8 Å². The van der Waals surface area contributed by atoms with E-state index in [-0.39, 0.29) is 23.8 Å². The number of nitrogens with zero attached hydrogens (tertiary/aromatic N) is 3. The molecule has 1 aromatic carbocycles. The Morgan fingerprint density at radius 2 is 2.23 bits per heavy atom. The van der Waals surface area contributed by atoms with Crippen LogP contribution < -0.4 is 10.1 Å². The van der Waals surface area contributed by atoms with Crippen LogP contribution in [0.1, 0.15) is 23.7 Å². The van der Waals surface area contributed by atoms with E-state index in [4.69, 9.17) is 16.3 Å². The van der Waals surface area contributed by atoms with E-state index in [1.807, 2.05) is 5.38 Å². The number of carbonyl (C=O) groups excluding carboxylic acids is 1. The number of nitrogens with one attached hydrogen (secondary N) is 1. The van der Waals surface area contributed by atoms with Crippen molar-refractivity contribution >= 4 is 45.3 Å². The number of pyridine rings is 1. The summed E-state index contributed by atoms with van der Waals surface area (Å²) in [6, 6.07) is 5.69. The van der Waals surface area contributed by atoms with Crippen LogP contribution in [0.5, 0.6) is 5.75 Å². The van der Waals surface area contributed by atoms with Gasteiger partial charge >= 0.3 is 0 Å². The molecule has 7 nitrogen and oxygen atoms in total. The minimum Gasteiger partial charge on any atom is -0.488 e. The standard InChI is InChI=1S/C21H18ClFN4O3S/c1-11(28)8-25-21-27-17(10-31-21)20-19-14(4-5-24-20)18(29)6-12(26-19)9-30-13-2-3-16(23)15(22)7-13/h2-5,7,10-11,28H,6,8-9H2,1H3,(H,25,27)/t11-/m0/s1. The third-order valence-electron chi connectivity index (χ3n) is 4.45. The van der Waals surface area contributed by atoms with Crippen LogP contribution in [0.4, 0.5) is 15.2 Å². The number of thiazole rings is 1. The Labute approximate surface area is 186 Å². The van der Waals surface area contributed by atoms with Gasteiger partial charge in [-0.05, 0) is 25.1 Å². The van der Waals surface area contributed by atoms with Gasteiger partial charge in [0.15, 0.2) is 10.9 Å². The first-order chi connectivity index (χ1) is 14.9.